The molecule has 2 aromatic carbocycles. The van der Waals surface area contributed by atoms with Crippen molar-refractivity contribution >= 4 is 11.6 Å². The Morgan fingerprint density at radius 2 is 1.64 bits per heavy atom. The summed E-state index contributed by atoms with van der Waals surface area (Å²) in [5.74, 6) is 1.39. The summed E-state index contributed by atoms with van der Waals surface area (Å²) in [6.07, 6.45) is 3.30. The summed E-state index contributed by atoms with van der Waals surface area (Å²) in [6, 6.07) is 19.9. The van der Waals surface area contributed by atoms with Gasteiger partial charge in [0.15, 0.2) is 5.82 Å². The van der Waals surface area contributed by atoms with Crippen molar-refractivity contribution in [2.24, 2.45) is 7.05 Å². The first-order valence-electron chi connectivity index (χ1n) is 7.89. The highest BCUT2D eigenvalue weighted by molar-refractivity contribution is 5.64. The number of nitrogens with zero attached hydrogens (tertiary/aromatic N) is 5. The number of hydrogen-bond acceptors (Lipinski definition) is 5. The van der Waals surface area contributed by atoms with Gasteiger partial charge < -0.3 is 5.32 Å². The summed E-state index contributed by atoms with van der Waals surface area (Å²) < 4.78 is 1.74. The minimum absolute atomic E-state index is 0.563. The lowest BCUT2D eigenvalue weighted by molar-refractivity contribution is 0.774. The van der Waals surface area contributed by atoms with E-state index in [0.29, 0.717) is 5.95 Å². The summed E-state index contributed by atoms with van der Waals surface area (Å²) in [5.41, 5.74) is 3.86. The molecule has 0 radical (unpaired) electrons. The third kappa shape index (κ3) is 3.23. The molecule has 4 aromatic rings. The maximum atomic E-state index is 4.58. The molecular weight excluding hydrogens is 312 g/mol. The standard InChI is InChI=1S/C19H16N6/c1-25-18(21-13-22-25)15-7-9-16(10-8-15)23-19-20-12-11-17(24-19)14-5-3-2-4-6-14/h2-13H,1H3,(H,20,23,24). The number of aryl methyl sites for hydroxylation is 1. The fraction of sp³-hybridized carbons (Fsp3) is 0.0526. The number of anilines is 2. The number of aromatic nitrogens is 5. The summed E-state index contributed by atoms with van der Waals surface area (Å²) >= 11 is 0. The van der Waals surface area contributed by atoms with E-state index in [-0.39, 0.29) is 0 Å². The quantitative estimate of drug-likeness (QED) is 0.619. The largest absolute Gasteiger partial charge is 0.324 e. The van der Waals surface area contributed by atoms with Crippen molar-refractivity contribution in [2.45, 2.75) is 0 Å². The average Bonchev–Trinajstić information content (AvgIpc) is 3.09. The van der Waals surface area contributed by atoms with Crippen molar-refractivity contribution in [3.05, 3.63) is 73.2 Å². The van der Waals surface area contributed by atoms with E-state index in [2.05, 4.69) is 25.4 Å². The van der Waals surface area contributed by atoms with Crippen LogP contribution in [0, 0.1) is 0 Å². The molecule has 4 rings (SSSR count). The van der Waals surface area contributed by atoms with Gasteiger partial charge in [-0.25, -0.2) is 19.6 Å². The van der Waals surface area contributed by atoms with E-state index in [9.17, 15) is 0 Å². The van der Waals surface area contributed by atoms with Crippen LogP contribution in [0.15, 0.2) is 73.2 Å². The van der Waals surface area contributed by atoms with Crippen LogP contribution in [0.4, 0.5) is 11.6 Å². The highest BCUT2D eigenvalue weighted by Gasteiger charge is 2.05. The van der Waals surface area contributed by atoms with Gasteiger partial charge in [0.25, 0.3) is 0 Å². The van der Waals surface area contributed by atoms with Gasteiger partial charge >= 0.3 is 0 Å². The van der Waals surface area contributed by atoms with Crippen LogP contribution in [0.3, 0.4) is 0 Å². The van der Waals surface area contributed by atoms with Crippen molar-refractivity contribution < 1.29 is 0 Å². The van der Waals surface area contributed by atoms with Gasteiger partial charge in [0.05, 0.1) is 5.69 Å². The molecule has 0 atom stereocenters. The number of hydrogen-bond donors (Lipinski definition) is 1. The Bertz CT molecular complexity index is 976. The van der Waals surface area contributed by atoms with Gasteiger partial charge in [0.1, 0.15) is 6.33 Å². The van der Waals surface area contributed by atoms with E-state index in [1.54, 1.807) is 17.2 Å². The molecule has 0 spiro atoms. The molecule has 0 bridgehead atoms. The number of nitrogens with one attached hydrogen (secondary N) is 1. The van der Waals surface area contributed by atoms with Crippen molar-refractivity contribution in [1.29, 1.82) is 0 Å². The predicted octanol–water partition coefficient (Wildman–Crippen LogP) is 3.68. The van der Waals surface area contributed by atoms with Gasteiger partial charge in [-0.2, -0.15) is 5.10 Å². The lowest BCUT2D eigenvalue weighted by Gasteiger charge is -2.07. The molecule has 2 aromatic heterocycles. The van der Waals surface area contributed by atoms with Crippen LogP contribution < -0.4 is 5.32 Å². The van der Waals surface area contributed by atoms with Gasteiger partial charge in [-0.3, -0.25) is 0 Å². The maximum Gasteiger partial charge on any atom is 0.227 e. The minimum Gasteiger partial charge on any atom is -0.324 e. The van der Waals surface area contributed by atoms with E-state index in [4.69, 9.17) is 0 Å². The average molecular weight is 328 g/mol. The smallest absolute Gasteiger partial charge is 0.227 e. The van der Waals surface area contributed by atoms with Gasteiger partial charge in [0, 0.05) is 30.1 Å². The Morgan fingerprint density at radius 1 is 0.840 bits per heavy atom. The van der Waals surface area contributed by atoms with Crippen LogP contribution in [-0.4, -0.2) is 24.7 Å². The van der Waals surface area contributed by atoms with Crippen molar-refractivity contribution in [1.82, 2.24) is 24.7 Å². The molecule has 0 aliphatic carbocycles. The first-order chi connectivity index (χ1) is 12.3. The van der Waals surface area contributed by atoms with Gasteiger partial charge in [-0.1, -0.05) is 30.3 Å². The first-order valence-corrected chi connectivity index (χ1v) is 7.89. The Kier molecular flexibility index (Phi) is 3.92. The van der Waals surface area contributed by atoms with Gasteiger partial charge in [-0.05, 0) is 30.3 Å². The molecule has 0 saturated heterocycles. The van der Waals surface area contributed by atoms with Crippen LogP contribution in [-0.2, 0) is 7.05 Å². The number of benzene rings is 2. The highest BCUT2D eigenvalue weighted by Crippen LogP contribution is 2.22. The Hall–Kier alpha value is -3.54. The summed E-state index contributed by atoms with van der Waals surface area (Å²) in [5, 5.41) is 7.33. The molecule has 122 valence electrons. The van der Waals surface area contributed by atoms with Crippen LogP contribution in [0.25, 0.3) is 22.6 Å². The van der Waals surface area contributed by atoms with Crippen molar-refractivity contribution in [3.63, 3.8) is 0 Å². The fourth-order valence-corrected chi connectivity index (χ4v) is 2.58. The molecule has 0 amide bonds. The molecule has 6 nitrogen and oxygen atoms in total. The SMILES string of the molecule is Cn1ncnc1-c1ccc(Nc2nccc(-c3ccccc3)n2)cc1. The lowest BCUT2D eigenvalue weighted by atomic mass is 10.1. The molecule has 1 N–H and O–H groups in total. The van der Waals surface area contributed by atoms with Gasteiger partial charge in [0.2, 0.25) is 5.95 Å². The first kappa shape index (κ1) is 15.0. The van der Waals surface area contributed by atoms with Crippen LogP contribution >= 0.6 is 0 Å². The maximum absolute atomic E-state index is 4.58. The minimum atomic E-state index is 0.563. The summed E-state index contributed by atoms with van der Waals surface area (Å²) in [6.45, 7) is 0. The molecule has 0 saturated carbocycles. The zero-order valence-corrected chi connectivity index (χ0v) is 13.7. The Balaban J connectivity index is 1.56. The van der Waals surface area contributed by atoms with E-state index in [0.717, 1.165) is 28.3 Å². The second-order valence-electron chi connectivity index (χ2n) is 5.54. The van der Waals surface area contributed by atoms with Gasteiger partial charge in [-0.15, -0.1) is 0 Å². The number of rotatable bonds is 4. The van der Waals surface area contributed by atoms with E-state index in [1.807, 2.05) is 67.7 Å². The van der Waals surface area contributed by atoms with Crippen LogP contribution in [0.5, 0.6) is 0 Å². The third-order valence-corrected chi connectivity index (χ3v) is 3.84. The molecule has 6 heteroatoms. The van der Waals surface area contributed by atoms with Crippen molar-refractivity contribution in [3.8, 4) is 22.6 Å². The molecule has 0 unspecified atom stereocenters. The Labute approximate surface area is 145 Å². The fourth-order valence-electron chi connectivity index (χ4n) is 2.58. The highest BCUT2D eigenvalue weighted by atomic mass is 15.3. The molecule has 0 fully saturated rings. The molecule has 0 aliphatic heterocycles. The molecular formula is C19H16N6. The molecule has 2 heterocycles. The van der Waals surface area contributed by atoms with E-state index < -0.39 is 0 Å². The monoisotopic (exact) mass is 328 g/mol. The second kappa shape index (κ2) is 6.52. The van der Waals surface area contributed by atoms with Crippen molar-refractivity contribution in [2.75, 3.05) is 5.32 Å². The second-order valence-corrected chi connectivity index (χ2v) is 5.54. The van der Waals surface area contributed by atoms with Crippen LogP contribution in [0.1, 0.15) is 0 Å². The van der Waals surface area contributed by atoms with E-state index in [1.165, 1.54) is 0 Å². The zero-order valence-electron chi connectivity index (χ0n) is 13.7. The molecule has 0 aliphatic rings. The summed E-state index contributed by atoms with van der Waals surface area (Å²) in [4.78, 5) is 13.1. The van der Waals surface area contributed by atoms with Crippen LogP contribution in [0.2, 0.25) is 0 Å². The normalized spacial score (nSPS) is 10.6. The zero-order chi connectivity index (χ0) is 17.1. The topological polar surface area (TPSA) is 68.5 Å². The summed E-state index contributed by atoms with van der Waals surface area (Å²) in [7, 11) is 1.87. The third-order valence-electron chi connectivity index (χ3n) is 3.84. The van der Waals surface area contributed by atoms with E-state index >= 15 is 0 Å². The lowest BCUT2D eigenvalue weighted by Crippen LogP contribution is -1.98. The molecule has 25 heavy (non-hydrogen) atoms. The predicted molar refractivity (Wildman–Crippen MR) is 97.2 cm³/mol. The Morgan fingerprint density at radius 3 is 2.36 bits per heavy atom.